The summed E-state index contributed by atoms with van der Waals surface area (Å²) in [4.78, 5) is 1.86. The van der Waals surface area contributed by atoms with Crippen LogP contribution in [0.5, 0.6) is 0 Å². The standard InChI is InChI=1S/C5H13NO2.HP/c1-6(2-4-7)3-5-8;/h7-8H,2-5H2,1H3;1H/q;-2/i;1D. The smallest absolute Gasteiger partial charge is 0.0558 e. The molecule has 0 bridgehead atoms. The SMILES string of the molecule is CN(CCO)CCO.[2H][P-2]. The van der Waals surface area contributed by atoms with E-state index in [9.17, 15) is 0 Å². The topological polar surface area (TPSA) is 43.7 Å². The van der Waals surface area contributed by atoms with Crippen LogP contribution in [0.2, 0.25) is 0 Å². The van der Waals surface area contributed by atoms with E-state index >= 15 is 0 Å². The van der Waals surface area contributed by atoms with Gasteiger partial charge in [-0.15, -0.1) is 0 Å². The van der Waals surface area contributed by atoms with Crippen LogP contribution in [0.25, 0.3) is 0 Å². The van der Waals surface area contributed by atoms with E-state index in [0.717, 1.165) is 0 Å². The van der Waals surface area contributed by atoms with E-state index < -0.39 is 0 Å². The first-order chi connectivity index (χ1) is 4.81. The van der Waals surface area contributed by atoms with Crippen LogP contribution in [0.3, 0.4) is 0 Å². The molecule has 0 rings (SSSR count). The number of aliphatic hydroxyl groups excluding tert-OH is 2. The summed E-state index contributed by atoms with van der Waals surface area (Å²) in [6.07, 6.45) is 0. The van der Waals surface area contributed by atoms with E-state index in [1.165, 1.54) is 0 Å². The molecule has 58 valence electrons. The zero-order valence-corrected chi connectivity index (χ0v) is 6.51. The first-order valence-corrected chi connectivity index (χ1v) is 2.71. The lowest BCUT2D eigenvalue weighted by molar-refractivity contribution is 0.184. The van der Waals surface area contributed by atoms with Gasteiger partial charge in [0.2, 0.25) is 0 Å². The summed E-state index contributed by atoms with van der Waals surface area (Å²) in [6, 6.07) is 0. The van der Waals surface area contributed by atoms with Crippen LogP contribution in [0, 0.1) is 0 Å². The number of likely N-dealkylation sites (N-methyl/N-ethyl adjacent to an activating group) is 1. The lowest BCUT2D eigenvalue weighted by Gasteiger charge is -2.11. The highest BCUT2D eigenvalue weighted by Gasteiger charge is 1.91. The zero-order chi connectivity index (χ0) is 8.41. The first kappa shape index (κ1) is 9.31. The van der Waals surface area contributed by atoms with Crippen molar-refractivity contribution < 1.29 is 10.2 Å². The van der Waals surface area contributed by atoms with E-state index in [4.69, 9.17) is 11.5 Å². The third-order valence-electron chi connectivity index (χ3n) is 0.963. The lowest BCUT2D eigenvalue weighted by atomic mass is 10.5. The maximum Gasteiger partial charge on any atom is 0.0558 e. The first-order valence-electron chi connectivity index (χ1n) is 3.16. The molecular weight excluding hydrogens is 137 g/mol. The molecule has 0 aliphatic heterocycles. The molecule has 0 saturated carbocycles. The summed E-state index contributed by atoms with van der Waals surface area (Å²) in [6.45, 7) is 1.61. The molecule has 9 heavy (non-hydrogen) atoms. The van der Waals surface area contributed by atoms with Crippen LogP contribution in [0.15, 0.2) is 0 Å². The van der Waals surface area contributed by atoms with E-state index in [-0.39, 0.29) is 13.2 Å². The lowest BCUT2D eigenvalue weighted by Crippen LogP contribution is -2.25. The van der Waals surface area contributed by atoms with E-state index in [1.54, 1.807) is 0 Å². The van der Waals surface area contributed by atoms with Crippen LogP contribution >= 0.6 is 9.84 Å². The van der Waals surface area contributed by atoms with Gasteiger partial charge in [0.25, 0.3) is 0 Å². The molecular formula is C5H14NO2P-2. The predicted molar refractivity (Wildman–Crippen MR) is 40.0 cm³/mol. The average Bonchev–Trinajstić information content (AvgIpc) is 1.93. The Bertz CT molecular complexity index is 52.9. The molecule has 0 aliphatic rings. The monoisotopic (exact) mass is 152 g/mol. The van der Waals surface area contributed by atoms with E-state index in [2.05, 4.69) is 9.84 Å². The van der Waals surface area contributed by atoms with Crippen molar-refractivity contribution in [1.29, 1.82) is 1.28 Å². The third kappa shape index (κ3) is 8.31. The second-order valence-corrected chi connectivity index (χ2v) is 1.75. The molecule has 0 fully saturated rings. The minimum atomic E-state index is 0.163. The molecule has 2 N–H and O–H groups in total. The number of nitrogens with zero attached hydrogens (tertiary/aromatic N) is 1. The Morgan fingerprint density at radius 2 is 1.67 bits per heavy atom. The number of hydrogen-bond donors (Lipinski definition) is 2. The molecule has 0 saturated heterocycles. The Hall–Kier alpha value is 0.310. The van der Waals surface area contributed by atoms with Gasteiger partial charge in [0.1, 0.15) is 0 Å². The Morgan fingerprint density at radius 1 is 1.33 bits per heavy atom. The molecule has 4 heteroatoms. The Kier molecular flexibility index (Phi) is 8.60. The van der Waals surface area contributed by atoms with Gasteiger partial charge in [-0.3, -0.25) is 0 Å². The van der Waals surface area contributed by atoms with Gasteiger partial charge in [0.15, 0.2) is 0 Å². The fraction of sp³-hybridized carbons (Fsp3) is 1.00. The van der Waals surface area contributed by atoms with E-state index in [0.29, 0.717) is 13.1 Å². The molecule has 0 heterocycles. The van der Waals surface area contributed by atoms with Crippen molar-refractivity contribution in [1.82, 2.24) is 4.90 Å². The molecule has 0 spiro atoms. The van der Waals surface area contributed by atoms with Gasteiger partial charge in [-0.2, -0.15) is 0 Å². The van der Waals surface area contributed by atoms with Gasteiger partial charge in [-0.05, 0) is 7.05 Å². The number of aliphatic hydroxyl groups is 2. The van der Waals surface area contributed by atoms with Crippen LogP contribution < -0.4 is 0 Å². The number of hydrogen-bond acceptors (Lipinski definition) is 3. The van der Waals surface area contributed by atoms with Crippen LogP contribution in [0.1, 0.15) is 0 Å². The van der Waals surface area contributed by atoms with Crippen molar-refractivity contribution in [2.45, 2.75) is 0 Å². The molecule has 0 atom stereocenters. The Labute approximate surface area is 60.6 Å². The summed E-state index contributed by atoms with van der Waals surface area (Å²) in [5.74, 6) is 0. The normalized spacial score (nSPS) is 10.1. The van der Waals surface area contributed by atoms with Crippen molar-refractivity contribution in [3.05, 3.63) is 0 Å². The second kappa shape index (κ2) is 8.31. The minimum absolute atomic E-state index is 0.163. The minimum Gasteiger partial charge on any atom is -1.51 e. The summed E-state index contributed by atoms with van der Waals surface area (Å²) in [5.41, 5.74) is 0. The van der Waals surface area contributed by atoms with Gasteiger partial charge in [0, 0.05) is 13.1 Å². The molecule has 0 aromatic rings. The highest BCUT2D eigenvalue weighted by molar-refractivity contribution is 6.92. The van der Waals surface area contributed by atoms with Crippen molar-refractivity contribution in [2.24, 2.45) is 0 Å². The van der Waals surface area contributed by atoms with Crippen LogP contribution in [-0.4, -0.2) is 49.7 Å². The molecule has 0 unspecified atom stereocenters. The van der Waals surface area contributed by atoms with Gasteiger partial charge >= 0.3 is 0 Å². The molecule has 0 amide bonds. The van der Waals surface area contributed by atoms with Gasteiger partial charge in [0.05, 0.1) is 13.2 Å². The summed E-state index contributed by atoms with van der Waals surface area (Å²) >= 11 is 0. The van der Waals surface area contributed by atoms with Gasteiger partial charge in [-0.1, -0.05) is 0 Å². The van der Waals surface area contributed by atoms with Crippen molar-refractivity contribution in [3.63, 3.8) is 0 Å². The number of rotatable bonds is 4. The molecule has 0 aliphatic carbocycles. The fourth-order valence-corrected chi connectivity index (χ4v) is 0.453. The van der Waals surface area contributed by atoms with E-state index in [1.807, 2.05) is 11.9 Å². The predicted octanol–water partition coefficient (Wildman–Crippen LogP) is -0.504. The van der Waals surface area contributed by atoms with Crippen molar-refractivity contribution in [3.8, 4) is 0 Å². The third-order valence-corrected chi connectivity index (χ3v) is 0.963. The second-order valence-electron chi connectivity index (χ2n) is 1.75. The molecule has 0 aromatic heterocycles. The largest absolute Gasteiger partial charge is 1.51 e. The highest BCUT2D eigenvalue weighted by atomic mass is 31.0. The van der Waals surface area contributed by atoms with Crippen LogP contribution in [-0.2, 0) is 0 Å². The molecule has 3 nitrogen and oxygen atoms in total. The highest BCUT2D eigenvalue weighted by Crippen LogP contribution is 1.76. The van der Waals surface area contributed by atoms with Crippen molar-refractivity contribution >= 4 is 9.84 Å². The summed E-state index contributed by atoms with van der Waals surface area (Å²) < 4.78 is 5.44. The summed E-state index contributed by atoms with van der Waals surface area (Å²) in [5, 5.41) is 16.7. The van der Waals surface area contributed by atoms with Crippen molar-refractivity contribution in [2.75, 3.05) is 33.4 Å². The average molecular weight is 152 g/mol. The van der Waals surface area contributed by atoms with Gasteiger partial charge < -0.3 is 26.2 Å². The van der Waals surface area contributed by atoms with Crippen LogP contribution in [0.4, 0.5) is 0 Å². The van der Waals surface area contributed by atoms with Gasteiger partial charge in [-0.25, -0.2) is 0 Å². The Balaban J connectivity index is 0. The zero-order valence-electron chi connectivity index (χ0n) is 6.62. The quantitative estimate of drug-likeness (QED) is 0.533. The maximum atomic E-state index is 8.34. The fourth-order valence-electron chi connectivity index (χ4n) is 0.453. The maximum absolute atomic E-state index is 8.34. The Morgan fingerprint density at radius 3 is 1.89 bits per heavy atom. The molecule has 0 aromatic carbocycles. The molecule has 0 radical (unpaired) electrons. The summed E-state index contributed by atoms with van der Waals surface area (Å²) in [7, 11) is 4.63.